The number of hydrogen-bond donors (Lipinski definition) is 1. The minimum atomic E-state index is -0.891. The van der Waals surface area contributed by atoms with Gasteiger partial charge in [0.2, 0.25) is 5.96 Å². The minimum absolute atomic E-state index is 0.0479. The van der Waals surface area contributed by atoms with Crippen molar-refractivity contribution in [2.75, 3.05) is 0 Å². The summed E-state index contributed by atoms with van der Waals surface area (Å²) in [4.78, 5) is 31.6. The number of amides is 2. The zero-order valence-corrected chi connectivity index (χ0v) is 14.8. The van der Waals surface area contributed by atoms with E-state index >= 15 is 0 Å². The third-order valence-corrected chi connectivity index (χ3v) is 3.46. The summed E-state index contributed by atoms with van der Waals surface area (Å²) in [5.41, 5.74) is 1.63. The molecular formula is C19H17N5O4. The van der Waals surface area contributed by atoms with E-state index in [0.29, 0.717) is 0 Å². The molecule has 9 heteroatoms. The number of aliphatic imine (C=N–C) groups is 1. The number of hydrogen-bond acceptors (Lipinski definition) is 6. The summed E-state index contributed by atoms with van der Waals surface area (Å²) in [5, 5.41) is 6.22. The lowest BCUT2D eigenvalue weighted by Gasteiger charge is -2.09. The molecule has 0 saturated carbocycles. The SMILES string of the molecule is O=C(/N=C(/NC(=O)OCc1ccccc1)n1cncn1)OCc1ccccc1. The van der Waals surface area contributed by atoms with Crippen LogP contribution in [-0.2, 0) is 22.7 Å². The Hall–Kier alpha value is -4.01. The van der Waals surface area contributed by atoms with E-state index in [2.05, 4.69) is 20.4 Å². The maximum absolute atomic E-state index is 12.1. The Morgan fingerprint density at radius 3 is 2.11 bits per heavy atom. The molecule has 3 rings (SSSR count). The van der Waals surface area contributed by atoms with Crippen LogP contribution >= 0.6 is 0 Å². The third kappa shape index (κ3) is 5.77. The second-order valence-electron chi connectivity index (χ2n) is 5.50. The van der Waals surface area contributed by atoms with Gasteiger partial charge in [-0.3, -0.25) is 5.32 Å². The lowest BCUT2D eigenvalue weighted by Crippen LogP contribution is -2.37. The lowest BCUT2D eigenvalue weighted by molar-refractivity contribution is 0.144. The Kier molecular flexibility index (Phi) is 6.45. The first-order valence-corrected chi connectivity index (χ1v) is 8.33. The summed E-state index contributed by atoms with van der Waals surface area (Å²) in [7, 11) is 0. The molecule has 0 aliphatic carbocycles. The van der Waals surface area contributed by atoms with Gasteiger partial charge in [0.05, 0.1) is 0 Å². The van der Waals surface area contributed by atoms with E-state index in [0.717, 1.165) is 15.8 Å². The number of nitrogens with one attached hydrogen (secondary N) is 1. The first-order valence-electron chi connectivity index (χ1n) is 8.33. The average molecular weight is 379 g/mol. The van der Waals surface area contributed by atoms with E-state index in [1.165, 1.54) is 12.7 Å². The Morgan fingerprint density at radius 1 is 0.929 bits per heavy atom. The van der Waals surface area contributed by atoms with Crippen LogP contribution in [-0.4, -0.2) is 32.9 Å². The van der Waals surface area contributed by atoms with Crippen molar-refractivity contribution in [3.63, 3.8) is 0 Å². The predicted octanol–water partition coefficient (Wildman–Crippen LogP) is 2.75. The summed E-state index contributed by atoms with van der Waals surface area (Å²) in [5.74, 6) is -0.186. The molecule has 9 nitrogen and oxygen atoms in total. The largest absolute Gasteiger partial charge is 0.444 e. The van der Waals surface area contributed by atoms with Crippen LogP contribution in [0.25, 0.3) is 0 Å². The van der Waals surface area contributed by atoms with Gasteiger partial charge in [0.25, 0.3) is 0 Å². The van der Waals surface area contributed by atoms with Gasteiger partial charge >= 0.3 is 12.2 Å². The summed E-state index contributed by atoms with van der Waals surface area (Å²) in [6, 6.07) is 18.3. The van der Waals surface area contributed by atoms with E-state index in [-0.39, 0.29) is 19.2 Å². The molecule has 3 aromatic rings. The highest BCUT2D eigenvalue weighted by Gasteiger charge is 2.13. The topological polar surface area (TPSA) is 108 Å². The van der Waals surface area contributed by atoms with Crippen LogP contribution in [0.1, 0.15) is 11.1 Å². The van der Waals surface area contributed by atoms with Crippen LogP contribution in [0.4, 0.5) is 9.59 Å². The van der Waals surface area contributed by atoms with Crippen LogP contribution in [0.5, 0.6) is 0 Å². The van der Waals surface area contributed by atoms with Gasteiger partial charge in [0.1, 0.15) is 25.9 Å². The standard InChI is InChI=1S/C19H17N5O4/c25-18(27-11-15-7-3-1-4-8-15)22-17(24-14-20-13-21-24)23-19(26)28-12-16-9-5-2-6-10-16/h1-10,13-14H,11-12H2,(H,22,23,25,26). The normalized spacial score (nSPS) is 10.9. The van der Waals surface area contributed by atoms with Gasteiger partial charge in [-0.05, 0) is 11.1 Å². The molecule has 2 aromatic carbocycles. The molecule has 1 heterocycles. The quantitative estimate of drug-likeness (QED) is 0.552. The first-order chi connectivity index (χ1) is 13.7. The maximum Gasteiger partial charge on any atom is 0.437 e. The molecule has 0 fully saturated rings. The molecule has 0 bridgehead atoms. The van der Waals surface area contributed by atoms with Crippen molar-refractivity contribution in [1.82, 2.24) is 20.1 Å². The van der Waals surface area contributed by atoms with Crippen molar-refractivity contribution in [2.45, 2.75) is 13.2 Å². The van der Waals surface area contributed by atoms with Crippen molar-refractivity contribution < 1.29 is 19.1 Å². The third-order valence-electron chi connectivity index (χ3n) is 3.46. The number of ether oxygens (including phenoxy) is 2. The number of benzene rings is 2. The highest BCUT2D eigenvalue weighted by atomic mass is 16.6. The van der Waals surface area contributed by atoms with E-state index in [9.17, 15) is 9.59 Å². The molecule has 0 aliphatic rings. The van der Waals surface area contributed by atoms with E-state index in [1.54, 1.807) is 0 Å². The van der Waals surface area contributed by atoms with Gasteiger partial charge in [-0.1, -0.05) is 60.7 Å². The molecule has 0 radical (unpaired) electrons. The number of aromatic nitrogens is 3. The van der Waals surface area contributed by atoms with Crippen LogP contribution in [0, 0.1) is 0 Å². The number of carbonyl (C=O) groups excluding carboxylic acids is 2. The minimum Gasteiger partial charge on any atom is -0.444 e. The van der Waals surface area contributed by atoms with Crippen LogP contribution < -0.4 is 5.32 Å². The Labute approximate surface area is 160 Å². The van der Waals surface area contributed by atoms with Gasteiger partial charge < -0.3 is 9.47 Å². The summed E-state index contributed by atoms with van der Waals surface area (Å²) in [6.45, 7) is 0.113. The van der Waals surface area contributed by atoms with Crippen molar-refractivity contribution in [3.05, 3.63) is 84.4 Å². The Balaban J connectivity index is 1.61. The van der Waals surface area contributed by atoms with Gasteiger partial charge in [-0.2, -0.15) is 9.78 Å². The molecule has 1 aromatic heterocycles. The Bertz CT molecular complexity index is 927. The predicted molar refractivity (Wildman–Crippen MR) is 99.2 cm³/mol. The van der Waals surface area contributed by atoms with Gasteiger partial charge in [-0.15, -0.1) is 4.99 Å². The number of alkyl carbamates (subject to hydrolysis) is 1. The molecule has 0 saturated heterocycles. The zero-order valence-electron chi connectivity index (χ0n) is 14.8. The lowest BCUT2D eigenvalue weighted by atomic mass is 10.2. The van der Waals surface area contributed by atoms with E-state index < -0.39 is 12.2 Å². The second-order valence-corrected chi connectivity index (χ2v) is 5.50. The maximum atomic E-state index is 12.1. The summed E-state index contributed by atoms with van der Waals surface area (Å²) < 4.78 is 11.3. The smallest absolute Gasteiger partial charge is 0.437 e. The average Bonchev–Trinajstić information content (AvgIpc) is 3.27. The zero-order chi connectivity index (χ0) is 19.6. The van der Waals surface area contributed by atoms with Crippen molar-refractivity contribution >= 4 is 18.1 Å². The number of rotatable bonds is 4. The van der Waals surface area contributed by atoms with Crippen molar-refractivity contribution in [3.8, 4) is 0 Å². The first kappa shape index (κ1) is 18.8. The molecule has 0 spiro atoms. The van der Waals surface area contributed by atoms with Crippen LogP contribution in [0.3, 0.4) is 0 Å². The fourth-order valence-corrected chi connectivity index (χ4v) is 2.14. The second kappa shape index (κ2) is 9.62. The summed E-state index contributed by atoms with van der Waals surface area (Å²) >= 11 is 0. The molecular weight excluding hydrogens is 362 g/mol. The molecule has 1 N–H and O–H groups in total. The fourth-order valence-electron chi connectivity index (χ4n) is 2.14. The molecule has 2 amide bonds. The molecule has 0 aliphatic heterocycles. The highest BCUT2D eigenvalue weighted by Crippen LogP contribution is 2.03. The monoisotopic (exact) mass is 379 g/mol. The van der Waals surface area contributed by atoms with E-state index in [4.69, 9.17) is 9.47 Å². The number of carbonyl (C=O) groups is 2. The molecule has 0 atom stereocenters. The highest BCUT2D eigenvalue weighted by molar-refractivity contribution is 5.99. The molecule has 0 unspecified atom stereocenters. The van der Waals surface area contributed by atoms with Crippen LogP contribution in [0.2, 0.25) is 0 Å². The molecule has 28 heavy (non-hydrogen) atoms. The Morgan fingerprint density at radius 2 is 1.54 bits per heavy atom. The number of nitrogens with zero attached hydrogens (tertiary/aromatic N) is 4. The van der Waals surface area contributed by atoms with Gasteiger partial charge in [-0.25, -0.2) is 14.6 Å². The van der Waals surface area contributed by atoms with Crippen molar-refractivity contribution in [1.29, 1.82) is 0 Å². The molecule has 142 valence electrons. The van der Waals surface area contributed by atoms with Gasteiger partial charge in [0.15, 0.2) is 0 Å². The van der Waals surface area contributed by atoms with E-state index in [1.807, 2.05) is 60.7 Å². The summed E-state index contributed by atoms with van der Waals surface area (Å²) in [6.07, 6.45) is 0.828. The van der Waals surface area contributed by atoms with Gasteiger partial charge in [0, 0.05) is 0 Å². The fraction of sp³-hybridized carbons (Fsp3) is 0.105. The van der Waals surface area contributed by atoms with Crippen molar-refractivity contribution in [2.24, 2.45) is 4.99 Å². The van der Waals surface area contributed by atoms with Crippen LogP contribution in [0.15, 0.2) is 78.3 Å².